The Hall–Kier alpha value is -4.00. The van der Waals surface area contributed by atoms with Gasteiger partial charge in [0, 0.05) is 24.5 Å². The smallest absolute Gasteiger partial charge is 0.291 e. The fourth-order valence-electron chi connectivity index (χ4n) is 4.54. The molecule has 1 fully saturated rings. The standard InChI is InChI=1S/C27H24N2O5/c1-2-17-5-7-19(8-6-17)24-23(25(30)20-9-10-21-22(14-20)34-13-12-33-21)26(31)27(32)29(24)16-18-4-3-11-28-15-18/h3-11,14-15,23-24H,2,12-13,16H2,1H3. The summed E-state index contributed by atoms with van der Waals surface area (Å²) in [6, 6.07) is 15.5. The number of carbonyl (C=O) groups is 3. The number of aryl methyl sites for hydroxylation is 1. The lowest BCUT2D eigenvalue weighted by Crippen LogP contribution is -2.30. The Morgan fingerprint density at radius 1 is 1.00 bits per heavy atom. The first-order valence-electron chi connectivity index (χ1n) is 11.3. The van der Waals surface area contributed by atoms with Crippen molar-refractivity contribution in [3.8, 4) is 11.5 Å². The molecule has 7 heteroatoms. The van der Waals surface area contributed by atoms with E-state index in [1.807, 2.05) is 30.3 Å². The van der Waals surface area contributed by atoms with Crippen molar-refractivity contribution in [3.05, 3.63) is 89.2 Å². The zero-order valence-electron chi connectivity index (χ0n) is 18.8. The van der Waals surface area contributed by atoms with Crippen LogP contribution in [0.2, 0.25) is 0 Å². The number of fused-ring (bicyclic) bond motifs is 1. The van der Waals surface area contributed by atoms with Crippen LogP contribution in [0.15, 0.2) is 67.0 Å². The van der Waals surface area contributed by atoms with Gasteiger partial charge in [-0.05, 0) is 47.4 Å². The van der Waals surface area contributed by atoms with Crippen molar-refractivity contribution in [2.45, 2.75) is 25.9 Å². The van der Waals surface area contributed by atoms with Crippen molar-refractivity contribution in [1.82, 2.24) is 9.88 Å². The lowest BCUT2D eigenvalue weighted by atomic mass is 9.86. The van der Waals surface area contributed by atoms with E-state index in [0.29, 0.717) is 30.3 Å². The summed E-state index contributed by atoms with van der Waals surface area (Å²) in [7, 11) is 0. The third-order valence-electron chi connectivity index (χ3n) is 6.32. The SMILES string of the molecule is CCc1ccc(C2C(C(=O)c3ccc4c(c3)OCCO4)C(=O)C(=O)N2Cc2cccnc2)cc1. The van der Waals surface area contributed by atoms with E-state index in [4.69, 9.17) is 9.47 Å². The number of benzene rings is 2. The largest absolute Gasteiger partial charge is 0.486 e. The van der Waals surface area contributed by atoms with Crippen molar-refractivity contribution in [3.63, 3.8) is 0 Å². The second-order valence-electron chi connectivity index (χ2n) is 8.40. The van der Waals surface area contributed by atoms with Crippen LogP contribution in [0.4, 0.5) is 0 Å². The maximum atomic E-state index is 13.7. The van der Waals surface area contributed by atoms with E-state index in [9.17, 15) is 14.4 Å². The molecule has 2 aliphatic rings. The Morgan fingerprint density at radius 3 is 2.47 bits per heavy atom. The summed E-state index contributed by atoms with van der Waals surface area (Å²) >= 11 is 0. The van der Waals surface area contributed by atoms with Crippen LogP contribution < -0.4 is 9.47 Å². The summed E-state index contributed by atoms with van der Waals surface area (Å²) in [4.78, 5) is 45.7. The van der Waals surface area contributed by atoms with Crippen molar-refractivity contribution >= 4 is 17.5 Å². The summed E-state index contributed by atoms with van der Waals surface area (Å²) in [6.07, 6.45) is 4.17. The lowest BCUT2D eigenvalue weighted by molar-refractivity contribution is -0.141. The van der Waals surface area contributed by atoms with E-state index < -0.39 is 29.4 Å². The molecule has 1 saturated heterocycles. The van der Waals surface area contributed by atoms with Crippen LogP contribution >= 0.6 is 0 Å². The van der Waals surface area contributed by atoms with Crippen LogP contribution in [0.1, 0.15) is 40.0 Å². The molecule has 0 saturated carbocycles. The number of Topliss-reactive ketones (excluding diaryl/α,β-unsaturated/α-hetero) is 2. The first kappa shape index (κ1) is 21.8. The van der Waals surface area contributed by atoms with E-state index in [1.54, 1.807) is 36.7 Å². The normalized spacial score (nSPS) is 19.4. The molecule has 172 valence electrons. The zero-order chi connectivity index (χ0) is 23.7. The molecule has 0 aliphatic carbocycles. The van der Waals surface area contributed by atoms with Gasteiger partial charge in [-0.2, -0.15) is 0 Å². The number of rotatable bonds is 6. The predicted octanol–water partition coefficient (Wildman–Crippen LogP) is 3.57. The number of likely N-dealkylation sites (tertiary alicyclic amines) is 1. The van der Waals surface area contributed by atoms with Crippen molar-refractivity contribution in [2.24, 2.45) is 5.92 Å². The minimum Gasteiger partial charge on any atom is -0.486 e. The fraction of sp³-hybridized carbons (Fsp3) is 0.259. The summed E-state index contributed by atoms with van der Waals surface area (Å²) in [5, 5.41) is 0. The van der Waals surface area contributed by atoms with Gasteiger partial charge >= 0.3 is 0 Å². The molecule has 2 atom stereocenters. The Labute approximate surface area is 197 Å². The number of carbonyl (C=O) groups excluding carboxylic acids is 3. The molecule has 1 amide bonds. The maximum absolute atomic E-state index is 13.7. The monoisotopic (exact) mass is 456 g/mol. The van der Waals surface area contributed by atoms with E-state index in [2.05, 4.69) is 11.9 Å². The van der Waals surface area contributed by atoms with Crippen LogP contribution in [0.25, 0.3) is 0 Å². The average molecular weight is 456 g/mol. The number of aromatic nitrogens is 1. The molecule has 0 N–H and O–H groups in total. The Balaban J connectivity index is 1.55. The summed E-state index contributed by atoms with van der Waals surface area (Å²) in [6.45, 7) is 3.07. The van der Waals surface area contributed by atoms with Gasteiger partial charge in [0.05, 0.1) is 6.04 Å². The summed E-state index contributed by atoms with van der Waals surface area (Å²) in [5.41, 5.74) is 2.98. The highest BCUT2D eigenvalue weighted by Crippen LogP contribution is 2.40. The molecule has 0 bridgehead atoms. The second kappa shape index (κ2) is 9.09. The first-order valence-corrected chi connectivity index (χ1v) is 11.3. The number of ketones is 2. The number of amides is 1. The van der Waals surface area contributed by atoms with Crippen LogP contribution in [0.3, 0.4) is 0 Å². The molecule has 2 unspecified atom stereocenters. The Bertz CT molecular complexity index is 1240. The van der Waals surface area contributed by atoms with Gasteiger partial charge in [0.1, 0.15) is 19.1 Å². The summed E-state index contributed by atoms with van der Waals surface area (Å²) in [5.74, 6) is -1.91. The number of hydrogen-bond donors (Lipinski definition) is 0. The predicted molar refractivity (Wildman–Crippen MR) is 124 cm³/mol. The first-order chi connectivity index (χ1) is 16.6. The van der Waals surface area contributed by atoms with Crippen LogP contribution in [-0.2, 0) is 22.6 Å². The lowest BCUT2D eigenvalue weighted by Gasteiger charge is -2.27. The van der Waals surface area contributed by atoms with E-state index in [1.165, 1.54) is 4.90 Å². The Morgan fingerprint density at radius 2 is 1.76 bits per heavy atom. The molecule has 1 aromatic heterocycles. The average Bonchev–Trinajstić information content (AvgIpc) is 3.13. The number of hydrogen-bond acceptors (Lipinski definition) is 6. The molecule has 5 rings (SSSR count). The van der Waals surface area contributed by atoms with Gasteiger partial charge in [-0.15, -0.1) is 0 Å². The second-order valence-corrected chi connectivity index (χ2v) is 8.40. The fourth-order valence-corrected chi connectivity index (χ4v) is 4.54. The molecule has 2 aromatic carbocycles. The Kier molecular flexibility index (Phi) is 5.84. The third-order valence-corrected chi connectivity index (χ3v) is 6.32. The van der Waals surface area contributed by atoms with Crippen molar-refractivity contribution in [2.75, 3.05) is 13.2 Å². The van der Waals surface area contributed by atoms with Crippen molar-refractivity contribution < 1.29 is 23.9 Å². The van der Waals surface area contributed by atoms with Gasteiger partial charge < -0.3 is 14.4 Å². The molecule has 7 nitrogen and oxygen atoms in total. The maximum Gasteiger partial charge on any atom is 0.291 e. The quantitative estimate of drug-likeness (QED) is 0.320. The van der Waals surface area contributed by atoms with Gasteiger partial charge in [-0.3, -0.25) is 19.4 Å². The summed E-state index contributed by atoms with van der Waals surface area (Å²) < 4.78 is 11.2. The van der Waals surface area contributed by atoms with Crippen LogP contribution in [0.5, 0.6) is 11.5 Å². The van der Waals surface area contributed by atoms with E-state index >= 15 is 0 Å². The number of ether oxygens (including phenoxy) is 2. The van der Waals surface area contributed by atoms with Gasteiger partial charge in [-0.1, -0.05) is 37.3 Å². The molecule has 3 heterocycles. The molecular weight excluding hydrogens is 432 g/mol. The van der Waals surface area contributed by atoms with E-state index in [0.717, 1.165) is 23.1 Å². The molecule has 34 heavy (non-hydrogen) atoms. The molecule has 3 aromatic rings. The molecule has 2 aliphatic heterocycles. The van der Waals surface area contributed by atoms with Gasteiger partial charge in [-0.25, -0.2) is 0 Å². The molecule has 0 spiro atoms. The van der Waals surface area contributed by atoms with Gasteiger partial charge in [0.2, 0.25) is 5.78 Å². The zero-order valence-corrected chi connectivity index (χ0v) is 18.8. The highest BCUT2D eigenvalue weighted by Gasteiger charge is 2.51. The minimum atomic E-state index is -1.15. The highest BCUT2D eigenvalue weighted by molar-refractivity contribution is 6.44. The minimum absolute atomic E-state index is 0.184. The third kappa shape index (κ3) is 3.94. The number of nitrogens with zero attached hydrogens (tertiary/aromatic N) is 2. The van der Waals surface area contributed by atoms with Gasteiger partial charge in [0.15, 0.2) is 17.3 Å². The topological polar surface area (TPSA) is 85.8 Å². The van der Waals surface area contributed by atoms with Crippen LogP contribution in [-0.4, -0.2) is 40.6 Å². The van der Waals surface area contributed by atoms with Crippen LogP contribution in [0, 0.1) is 5.92 Å². The highest BCUT2D eigenvalue weighted by atomic mass is 16.6. The molecular formula is C27H24N2O5. The van der Waals surface area contributed by atoms with Gasteiger partial charge in [0.25, 0.3) is 5.91 Å². The number of pyridine rings is 1. The van der Waals surface area contributed by atoms with Crippen molar-refractivity contribution in [1.29, 1.82) is 0 Å². The van der Waals surface area contributed by atoms with E-state index in [-0.39, 0.29) is 6.54 Å². The molecule has 0 radical (unpaired) electrons.